The van der Waals surface area contributed by atoms with Gasteiger partial charge >= 0.3 is 0 Å². The van der Waals surface area contributed by atoms with E-state index in [4.69, 9.17) is 21.9 Å². The average molecular weight is 408 g/mol. The molecule has 5 atom stereocenters. The van der Waals surface area contributed by atoms with Crippen molar-refractivity contribution in [2.24, 2.45) is 16.8 Å². The molecule has 4 unspecified atom stereocenters. The highest BCUT2D eigenvalue weighted by molar-refractivity contribution is 7.80. The van der Waals surface area contributed by atoms with Crippen LogP contribution in [0.1, 0.15) is 71.6 Å². The van der Waals surface area contributed by atoms with Gasteiger partial charge in [0, 0.05) is 30.4 Å². The van der Waals surface area contributed by atoms with Gasteiger partial charge in [-0.25, -0.2) is 0 Å². The molecule has 1 aliphatic heterocycles. The number of hydrogen-bond donors (Lipinski definition) is 2. The molecule has 2 aliphatic rings. The zero-order valence-corrected chi connectivity index (χ0v) is 18.3. The van der Waals surface area contributed by atoms with Crippen LogP contribution in [0.25, 0.3) is 0 Å². The molecule has 28 heavy (non-hydrogen) atoms. The molecule has 0 aromatic carbocycles. The quantitative estimate of drug-likeness (QED) is 0.277. The van der Waals surface area contributed by atoms with Crippen molar-refractivity contribution in [3.63, 3.8) is 0 Å². The second-order valence-corrected chi connectivity index (χ2v) is 8.59. The fourth-order valence-electron chi connectivity index (χ4n) is 4.59. The second-order valence-electron chi connectivity index (χ2n) is 8.14. The van der Waals surface area contributed by atoms with Crippen LogP contribution in [0.5, 0.6) is 0 Å². The zero-order valence-electron chi connectivity index (χ0n) is 17.5. The third-order valence-electron chi connectivity index (χ3n) is 6.07. The molecule has 1 saturated carbocycles. The van der Waals surface area contributed by atoms with E-state index in [1.54, 1.807) is 0 Å². The molecule has 1 heterocycles. The summed E-state index contributed by atoms with van der Waals surface area (Å²) in [5, 5.41) is 21.5. The highest BCUT2D eigenvalue weighted by Crippen LogP contribution is 2.50. The molecule has 0 aromatic rings. The highest BCUT2D eigenvalue weighted by Gasteiger charge is 2.53. The lowest BCUT2D eigenvalue weighted by Gasteiger charge is -2.24. The Balaban J connectivity index is 1.94. The molecule has 1 fully saturated rings. The zero-order chi connectivity index (χ0) is 20.6. The maximum absolute atomic E-state index is 10.6. The van der Waals surface area contributed by atoms with Crippen molar-refractivity contribution in [1.29, 1.82) is 0 Å². The van der Waals surface area contributed by atoms with E-state index in [0.717, 1.165) is 51.4 Å². The van der Waals surface area contributed by atoms with Crippen LogP contribution in [0.3, 0.4) is 0 Å². The summed E-state index contributed by atoms with van der Waals surface area (Å²) >= 11 is 5.21. The summed E-state index contributed by atoms with van der Waals surface area (Å²) < 4.78 is 5.35. The smallest absolute Gasteiger partial charge is 0.159 e. The van der Waals surface area contributed by atoms with Crippen molar-refractivity contribution in [3.8, 4) is 0 Å². The number of unbranched alkanes of at least 4 members (excludes halogenated alkanes) is 2. The van der Waals surface area contributed by atoms with E-state index in [0.29, 0.717) is 18.1 Å². The summed E-state index contributed by atoms with van der Waals surface area (Å²) in [7, 11) is 0. The first kappa shape index (κ1) is 23.2. The number of hydrogen-bond acceptors (Lipinski definition) is 5. The molecule has 0 radical (unpaired) electrons. The molecule has 0 saturated heterocycles. The van der Waals surface area contributed by atoms with Gasteiger partial charge in [-0.15, -0.1) is 6.58 Å². The molecule has 2 rings (SSSR count). The van der Waals surface area contributed by atoms with Crippen LogP contribution in [0, 0.1) is 11.8 Å². The van der Waals surface area contributed by atoms with Crippen molar-refractivity contribution >= 4 is 23.0 Å². The van der Waals surface area contributed by atoms with E-state index in [9.17, 15) is 10.2 Å². The molecule has 5 heteroatoms. The van der Waals surface area contributed by atoms with Gasteiger partial charge in [-0.3, -0.25) is 4.99 Å². The third-order valence-corrected chi connectivity index (χ3v) is 6.39. The number of nitrogens with zero attached hydrogens (tertiary/aromatic N) is 1. The van der Waals surface area contributed by atoms with Gasteiger partial charge in [0.1, 0.15) is 0 Å². The minimum Gasteiger partial charge on any atom is -0.487 e. The van der Waals surface area contributed by atoms with E-state index in [-0.39, 0.29) is 17.4 Å². The Morgan fingerprint density at radius 3 is 2.86 bits per heavy atom. The van der Waals surface area contributed by atoms with E-state index in [1.165, 1.54) is 5.71 Å². The van der Waals surface area contributed by atoms with Gasteiger partial charge in [-0.05, 0) is 44.8 Å². The lowest BCUT2D eigenvalue weighted by molar-refractivity contribution is 0.140. The van der Waals surface area contributed by atoms with E-state index < -0.39 is 12.2 Å². The molecule has 0 spiro atoms. The number of aliphatic imine (C=N–C) groups is 1. The second kappa shape index (κ2) is 11.2. The van der Waals surface area contributed by atoms with Crippen LogP contribution in [0.15, 0.2) is 29.8 Å². The maximum Gasteiger partial charge on any atom is 0.159 e. The van der Waals surface area contributed by atoms with Gasteiger partial charge in [0.05, 0.1) is 24.4 Å². The Morgan fingerprint density at radius 2 is 2.18 bits per heavy atom. The Bertz CT molecular complexity index is 588. The van der Waals surface area contributed by atoms with E-state index >= 15 is 0 Å². The van der Waals surface area contributed by atoms with E-state index in [2.05, 4.69) is 13.5 Å². The molecule has 2 N–H and O–H groups in total. The third kappa shape index (κ3) is 5.98. The van der Waals surface area contributed by atoms with Crippen LogP contribution in [0.2, 0.25) is 0 Å². The standard InChI is InChI=1S/C23H37NO3S/c1-4-7-8-11-18(25)13-14-19-20-15-17(10-9-12-22(28)27-6-3)24-23(20,5-2)16-21(19)26/h5,13-14,18-21,25-26H,2,4,6-12,15-16H2,1,3H3/t18-,19?,20?,21?,23?/m0/s1. The topological polar surface area (TPSA) is 62.0 Å². The van der Waals surface area contributed by atoms with Crippen molar-refractivity contribution in [3.05, 3.63) is 24.8 Å². The van der Waals surface area contributed by atoms with Crippen molar-refractivity contribution in [1.82, 2.24) is 0 Å². The first-order valence-electron chi connectivity index (χ1n) is 10.9. The number of thiocarbonyl (C=S) groups is 1. The molecule has 158 valence electrons. The summed E-state index contributed by atoms with van der Waals surface area (Å²) in [6, 6.07) is 0. The summed E-state index contributed by atoms with van der Waals surface area (Å²) in [4.78, 5) is 4.99. The average Bonchev–Trinajstić information content (AvgIpc) is 3.12. The van der Waals surface area contributed by atoms with Gasteiger partial charge in [-0.1, -0.05) is 44.4 Å². The first-order chi connectivity index (χ1) is 13.5. The number of aliphatic hydroxyl groups is 2. The lowest BCUT2D eigenvalue weighted by Crippen LogP contribution is -2.26. The summed E-state index contributed by atoms with van der Waals surface area (Å²) in [5.41, 5.74) is 0.829. The van der Waals surface area contributed by atoms with Gasteiger partial charge in [0.15, 0.2) is 5.05 Å². The highest BCUT2D eigenvalue weighted by atomic mass is 32.1. The van der Waals surface area contributed by atoms with Crippen molar-refractivity contribution < 1.29 is 14.9 Å². The van der Waals surface area contributed by atoms with Gasteiger partial charge in [0.25, 0.3) is 0 Å². The normalized spacial score (nSPS) is 30.3. The largest absolute Gasteiger partial charge is 0.487 e. The first-order valence-corrected chi connectivity index (χ1v) is 11.3. The predicted octanol–water partition coefficient (Wildman–Crippen LogP) is 4.78. The lowest BCUT2D eigenvalue weighted by atomic mass is 9.82. The molecular formula is C23H37NO3S. The Hall–Kier alpha value is -1.04. The molecule has 0 aromatic heterocycles. The predicted molar refractivity (Wildman–Crippen MR) is 120 cm³/mol. The number of fused-ring (bicyclic) bond motifs is 1. The minimum absolute atomic E-state index is 0.0181. The number of aliphatic hydroxyl groups excluding tert-OH is 2. The van der Waals surface area contributed by atoms with Crippen LogP contribution in [0.4, 0.5) is 0 Å². The molecule has 4 nitrogen and oxygen atoms in total. The summed E-state index contributed by atoms with van der Waals surface area (Å²) in [6.45, 7) is 8.75. The summed E-state index contributed by atoms with van der Waals surface area (Å²) in [5.74, 6) is 0.248. The fraction of sp³-hybridized carbons (Fsp3) is 0.739. The maximum atomic E-state index is 10.6. The van der Waals surface area contributed by atoms with Crippen LogP contribution in [-0.2, 0) is 4.74 Å². The Labute approximate surface area is 175 Å². The molecule has 1 aliphatic carbocycles. The summed E-state index contributed by atoms with van der Waals surface area (Å²) in [6.07, 6.45) is 13.2. The molecule has 0 amide bonds. The molecular weight excluding hydrogens is 370 g/mol. The number of ether oxygens (including phenoxy) is 1. The fourth-order valence-corrected chi connectivity index (χ4v) is 4.85. The SMILES string of the molecule is C=CC12CC(O)C(C=C[C@@H](O)CCCCC)C1CC(CCCC(=S)OCC)=N2. The number of rotatable bonds is 12. The molecule has 0 bridgehead atoms. The van der Waals surface area contributed by atoms with Crippen molar-refractivity contribution in [2.45, 2.75) is 89.4 Å². The Morgan fingerprint density at radius 1 is 1.39 bits per heavy atom. The van der Waals surface area contributed by atoms with Crippen LogP contribution < -0.4 is 0 Å². The van der Waals surface area contributed by atoms with Crippen LogP contribution >= 0.6 is 12.2 Å². The van der Waals surface area contributed by atoms with Crippen LogP contribution in [-0.4, -0.2) is 45.3 Å². The van der Waals surface area contributed by atoms with Crippen molar-refractivity contribution in [2.75, 3.05) is 6.61 Å². The minimum atomic E-state index is -0.432. The Kier molecular flexibility index (Phi) is 9.32. The van der Waals surface area contributed by atoms with Gasteiger partial charge in [0.2, 0.25) is 0 Å². The van der Waals surface area contributed by atoms with E-state index in [1.807, 2.05) is 25.2 Å². The monoisotopic (exact) mass is 407 g/mol. The van der Waals surface area contributed by atoms with Gasteiger partial charge < -0.3 is 14.9 Å². The van der Waals surface area contributed by atoms with Gasteiger partial charge in [-0.2, -0.15) is 0 Å².